The van der Waals surface area contributed by atoms with E-state index in [-0.39, 0.29) is 53.2 Å². The van der Waals surface area contributed by atoms with Gasteiger partial charge in [0.2, 0.25) is 0 Å². The summed E-state index contributed by atoms with van der Waals surface area (Å²) in [5.41, 5.74) is 1.13. The van der Waals surface area contributed by atoms with Crippen molar-refractivity contribution in [1.82, 2.24) is 20.2 Å². The van der Waals surface area contributed by atoms with Crippen LogP contribution in [0.3, 0.4) is 0 Å². The van der Waals surface area contributed by atoms with Crippen molar-refractivity contribution in [2.75, 3.05) is 25.0 Å². The van der Waals surface area contributed by atoms with Gasteiger partial charge in [-0.2, -0.15) is 0 Å². The van der Waals surface area contributed by atoms with Gasteiger partial charge in [0.15, 0.2) is 10.9 Å². The fraction of sp³-hybridized carbons (Fsp3) is 0.250. The van der Waals surface area contributed by atoms with Gasteiger partial charge in [-0.25, -0.2) is 18.6 Å². The molecule has 4 aromatic rings. The summed E-state index contributed by atoms with van der Waals surface area (Å²) in [5.74, 6) is -3.10. The molecule has 1 atom stereocenters. The molecule has 1 unspecified atom stereocenters. The molecule has 9 nitrogen and oxygen atoms in total. The van der Waals surface area contributed by atoms with Crippen molar-refractivity contribution in [3.8, 4) is 22.4 Å². The summed E-state index contributed by atoms with van der Waals surface area (Å²) in [7, 11) is 0. The molecular weight excluding hydrogens is 547 g/mol. The van der Waals surface area contributed by atoms with E-state index in [1.54, 1.807) is 31.2 Å². The summed E-state index contributed by atoms with van der Waals surface area (Å²) in [6, 6.07) is 9.94. The van der Waals surface area contributed by atoms with E-state index in [4.69, 9.17) is 0 Å². The minimum Gasteiger partial charge on any atom is -0.481 e. The zero-order chi connectivity index (χ0) is 28.4. The zero-order valence-electron chi connectivity index (χ0n) is 22.4. The van der Waals surface area contributed by atoms with Crippen LogP contribution in [0, 0.1) is 17.6 Å². The number of carbonyl (C=O) groups is 3. The fourth-order valence-corrected chi connectivity index (χ4v) is 5.69. The van der Waals surface area contributed by atoms with Crippen LogP contribution in [-0.2, 0) is 4.79 Å². The molecular formula is C28H25F2LiN5O4S. The molecule has 3 amide bonds. The van der Waals surface area contributed by atoms with Crippen LogP contribution in [0.5, 0.6) is 0 Å². The number of fused-ring (bicyclic) bond motifs is 1. The van der Waals surface area contributed by atoms with Gasteiger partial charge in [-0.1, -0.05) is 23.5 Å². The third-order valence-electron chi connectivity index (χ3n) is 6.68. The van der Waals surface area contributed by atoms with Crippen LogP contribution < -0.4 is 10.6 Å². The second-order valence-corrected chi connectivity index (χ2v) is 10.3. The molecule has 3 N–H and O–H groups in total. The number of amides is 3. The molecule has 13 heteroatoms. The number of rotatable bonds is 6. The number of benzene rings is 2. The number of likely N-dealkylation sites (tertiary alicyclic amines) is 1. The number of nitrogens with one attached hydrogen (secondary N) is 2. The summed E-state index contributed by atoms with van der Waals surface area (Å²) < 4.78 is 31.0. The third kappa shape index (κ3) is 6.25. The number of halogens is 2. The molecule has 0 spiro atoms. The standard InChI is InChI=1S/C28H25F2N5O4S.Li/c1-2-31-27(39)34-28-33-23-21(30)18(13-19(24(23)40-28)22-20(29)6-3-11-32-22)15-7-9-16(10-8-15)25(36)35-12-4-5-17(14-35)26(37)38;/h3,6-11,13,17H,2,4-5,12,14H2,1H3,(H,37,38)(H2,31,33,34,39);. The number of carboxylic acids is 1. The fourth-order valence-electron chi connectivity index (χ4n) is 4.72. The van der Waals surface area contributed by atoms with Crippen molar-refractivity contribution in [2.45, 2.75) is 19.8 Å². The molecule has 0 aliphatic carbocycles. The van der Waals surface area contributed by atoms with Crippen LogP contribution in [0.2, 0.25) is 0 Å². The number of hydrogen-bond acceptors (Lipinski definition) is 6. The van der Waals surface area contributed by atoms with Crippen molar-refractivity contribution in [3.05, 3.63) is 65.9 Å². The zero-order valence-corrected chi connectivity index (χ0v) is 23.2. The first-order valence-corrected chi connectivity index (χ1v) is 13.5. The van der Waals surface area contributed by atoms with Gasteiger partial charge < -0.3 is 15.3 Å². The number of nitrogens with zero attached hydrogens (tertiary/aromatic N) is 3. The quantitative estimate of drug-likeness (QED) is 0.280. The van der Waals surface area contributed by atoms with E-state index in [9.17, 15) is 23.9 Å². The molecule has 207 valence electrons. The summed E-state index contributed by atoms with van der Waals surface area (Å²) in [4.78, 5) is 46.4. The van der Waals surface area contributed by atoms with E-state index in [0.29, 0.717) is 47.3 Å². The van der Waals surface area contributed by atoms with Gasteiger partial charge in [0.25, 0.3) is 5.91 Å². The van der Waals surface area contributed by atoms with Gasteiger partial charge in [0, 0.05) is 61.4 Å². The summed E-state index contributed by atoms with van der Waals surface area (Å²) in [5, 5.41) is 14.6. The predicted molar refractivity (Wildman–Crippen MR) is 153 cm³/mol. The molecule has 1 fully saturated rings. The first-order chi connectivity index (χ1) is 19.3. The number of urea groups is 1. The van der Waals surface area contributed by atoms with E-state index in [2.05, 4.69) is 20.6 Å². The second kappa shape index (κ2) is 12.8. The van der Waals surface area contributed by atoms with Gasteiger partial charge in [0.1, 0.15) is 17.0 Å². The van der Waals surface area contributed by atoms with Gasteiger partial charge in [-0.15, -0.1) is 0 Å². The Morgan fingerprint density at radius 3 is 2.59 bits per heavy atom. The van der Waals surface area contributed by atoms with E-state index in [0.717, 1.165) is 11.3 Å². The number of carboxylic acid groups (broad SMARTS) is 1. The Balaban J connectivity index is 0.00000387. The van der Waals surface area contributed by atoms with Crippen LogP contribution >= 0.6 is 11.3 Å². The Bertz CT molecular complexity index is 1620. The Morgan fingerprint density at radius 2 is 1.90 bits per heavy atom. The molecule has 2 aromatic carbocycles. The molecule has 0 saturated carbocycles. The van der Waals surface area contributed by atoms with Crippen LogP contribution in [-0.4, -0.2) is 76.4 Å². The number of hydrogen-bond donors (Lipinski definition) is 3. The number of anilines is 1. The average molecular weight is 573 g/mol. The van der Waals surface area contributed by atoms with Crippen LogP contribution in [0.15, 0.2) is 48.7 Å². The Kier molecular flexibility index (Phi) is 9.38. The molecule has 5 rings (SSSR count). The molecule has 0 bridgehead atoms. The molecule has 1 saturated heterocycles. The number of aliphatic carboxylic acids is 1. The van der Waals surface area contributed by atoms with Gasteiger partial charge in [0.05, 0.1) is 10.6 Å². The average Bonchev–Trinajstić information content (AvgIpc) is 3.38. The smallest absolute Gasteiger partial charge is 0.321 e. The molecule has 1 aliphatic rings. The van der Waals surface area contributed by atoms with E-state index < -0.39 is 29.6 Å². The maximum absolute atomic E-state index is 15.9. The first kappa shape index (κ1) is 30.1. The van der Waals surface area contributed by atoms with Gasteiger partial charge >= 0.3 is 12.0 Å². The molecule has 3 heterocycles. The van der Waals surface area contributed by atoms with Crippen LogP contribution in [0.4, 0.5) is 18.7 Å². The van der Waals surface area contributed by atoms with E-state index in [1.807, 2.05) is 0 Å². The maximum atomic E-state index is 15.9. The molecule has 2 aromatic heterocycles. The molecule has 41 heavy (non-hydrogen) atoms. The number of aromatic nitrogens is 2. The Morgan fingerprint density at radius 1 is 1.15 bits per heavy atom. The van der Waals surface area contributed by atoms with Crippen molar-refractivity contribution in [1.29, 1.82) is 0 Å². The van der Waals surface area contributed by atoms with Crippen molar-refractivity contribution in [2.24, 2.45) is 5.92 Å². The molecule has 1 aliphatic heterocycles. The minimum atomic E-state index is -0.926. The van der Waals surface area contributed by atoms with Crippen LogP contribution in [0.1, 0.15) is 30.1 Å². The summed E-state index contributed by atoms with van der Waals surface area (Å²) in [6.45, 7) is 2.74. The largest absolute Gasteiger partial charge is 0.481 e. The monoisotopic (exact) mass is 572 g/mol. The van der Waals surface area contributed by atoms with Crippen molar-refractivity contribution >= 4 is 63.5 Å². The normalized spacial score (nSPS) is 14.8. The SMILES string of the molecule is CCNC(=O)Nc1nc2c(F)c(-c3ccc(C(=O)N4CCCC(C(=O)O)C4)cc3)cc(-c3ncccc3F)c2s1.[Li]. The van der Waals surface area contributed by atoms with Crippen LogP contribution in [0.25, 0.3) is 32.6 Å². The topological polar surface area (TPSA) is 125 Å². The molecule has 1 radical (unpaired) electrons. The first-order valence-electron chi connectivity index (χ1n) is 12.7. The summed E-state index contributed by atoms with van der Waals surface area (Å²) >= 11 is 1.00. The van der Waals surface area contributed by atoms with E-state index in [1.165, 1.54) is 29.3 Å². The number of carbonyl (C=O) groups excluding carboxylic acids is 2. The third-order valence-corrected chi connectivity index (χ3v) is 7.68. The number of thiazole rings is 1. The predicted octanol–water partition coefficient (Wildman–Crippen LogP) is 5.00. The number of pyridine rings is 1. The number of piperidine rings is 1. The van der Waals surface area contributed by atoms with Gasteiger partial charge in [-0.3, -0.25) is 19.9 Å². The Hall–Kier alpha value is -3.85. The van der Waals surface area contributed by atoms with Crippen molar-refractivity contribution in [3.63, 3.8) is 0 Å². The maximum Gasteiger partial charge on any atom is 0.321 e. The Labute approximate surface area is 250 Å². The van der Waals surface area contributed by atoms with Crippen molar-refractivity contribution < 1.29 is 28.3 Å². The van der Waals surface area contributed by atoms with E-state index >= 15 is 4.39 Å². The van der Waals surface area contributed by atoms with Gasteiger partial charge in [-0.05, 0) is 55.7 Å². The second-order valence-electron chi connectivity index (χ2n) is 9.31. The summed E-state index contributed by atoms with van der Waals surface area (Å²) in [6.07, 6.45) is 2.55. The minimum absolute atomic E-state index is 0.